The number of hydrogen-bond acceptors (Lipinski definition) is 11. The van der Waals surface area contributed by atoms with Crippen molar-refractivity contribution in [2.75, 3.05) is 51.8 Å². The molecule has 1 unspecified atom stereocenters. The van der Waals surface area contributed by atoms with E-state index in [4.69, 9.17) is 24.3 Å². The molecule has 14 nitrogen and oxygen atoms in total. The van der Waals surface area contributed by atoms with Gasteiger partial charge in [-0.25, -0.2) is 14.2 Å². The van der Waals surface area contributed by atoms with Crippen molar-refractivity contribution in [1.82, 2.24) is 39.6 Å². The van der Waals surface area contributed by atoms with Crippen LogP contribution in [0.1, 0.15) is 43.6 Å². The van der Waals surface area contributed by atoms with Crippen LogP contribution in [0.5, 0.6) is 11.5 Å². The summed E-state index contributed by atoms with van der Waals surface area (Å²) in [4.78, 5) is 37.6. The number of ether oxygens (including phenoxy) is 3. The van der Waals surface area contributed by atoms with E-state index in [2.05, 4.69) is 25.6 Å². The lowest BCUT2D eigenvalue weighted by Crippen LogP contribution is -2.41. The molecule has 48 heavy (non-hydrogen) atoms. The number of benzene rings is 1. The molecule has 0 aliphatic carbocycles. The van der Waals surface area contributed by atoms with Crippen LogP contribution in [0.2, 0.25) is 0 Å². The average Bonchev–Trinajstić information content (AvgIpc) is 3.73. The monoisotopic (exact) mass is 653 g/mol. The first-order chi connectivity index (χ1) is 23.4. The first kappa shape index (κ1) is 31.4. The topological polar surface area (TPSA) is 150 Å². The molecule has 5 aromatic rings. The van der Waals surface area contributed by atoms with E-state index in [0.717, 1.165) is 43.6 Å². The number of carbonyl (C=O) groups excluding carboxylic acids is 2. The van der Waals surface area contributed by atoms with Crippen molar-refractivity contribution < 1.29 is 23.8 Å². The molecule has 7 rings (SSSR count). The zero-order valence-corrected chi connectivity index (χ0v) is 27.3. The lowest BCUT2D eigenvalue weighted by molar-refractivity contribution is -0.155. The number of piperidine rings is 1. The highest BCUT2D eigenvalue weighted by Gasteiger charge is 2.28. The highest BCUT2D eigenvalue weighted by molar-refractivity contribution is 6.05. The Bertz CT molecular complexity index is 1960. The lowest BCUT2D eigenvalue weighted by Gasteiger charge is -2.31. The Morgan fingerprint density at radius 2 is 2.02 bits per heavy atom. The summed E-state index contributed by atoms with van der Waals surface area (Å²) in [6.45, 7) is 7.78. The summed E-state index contributed by atoms with van der Waals surface area (Å²) in [5.41, 5.74) is 4.40. The second kappa shape index (κ2) is 13.5. The number of carbonyl (C=O) groups is 2. The molecule has 0 saturated carbocycles. The predicted octanol–water partition coefficient (Wildman–Crippen LogP) is 3.73. The van der Waals surface area contributed by atoms with Crippen molar-refractivity contribution in [2.45, 2.75) is 39.2 Å². The standard InChI is InChI=1S/C34H39N9O5/c1-4-21(2)48-34(45)22-6-12-41(13-7-22)14-9-37-33(44)31-24-19-38-25(23-20-39-42-11-5-8-36-32(23)42)16-27(24)43(40-31)28-18-29-26(17-30(28)46-3)35-10-15-47-29/h5,8,11,16-22,35H,4,6-7,9-10,12-15H2,1-3H3,(H,37,44). The van der Waals surface area contributed by atoms with Gasteiger partial charge < -0.3 is 29.7 Å². The van der Waals surface area contributed by atoms with Crippen LogP contribution in [-0.2, 0) is 9.53 Å². The van der Waals surface area contributed by atoms with Gasteiger partial charge >= 0.3 is 5.97 Å². The molecule has 2 N–H and O–H groups in total. The summed E-state index contributed by atoms with van der Waals surface area (Å²) >= 11 is 0. The van der Waals surface area contributed by atoms with Gasteiger partial charge in [0, 0.05) is 50.4 Å². The molecule has 1 fully saturated rings. The van der Waals surface area contributed by atoms with Gasteiger partial charge in [0.1, 0.15) is 23.8 Å². The number of amides is 1. The van der Waals surface area contributed by atoms with E-state index >= 15 is 0 Å². The van der Waals surface area contributed by atoms with E-state index < -0.39 is 0 Å². The molecular formula is C34H39N9O5. The number of anilines is 1. The molecule has 0 spiro atoms. The maximum Gasteiger partial charge on any atom is 0.309 e. The Labute approximate surface area is 277 Å². The van der Waals surface area contributed by atoms with E-state index in [1.54, 1.807) is 34.9 Å². The van der Waals surface area contributed by atoms with Gasteiger partial charge in [-0.2, -0.15) is 10.2 Å². The van der Waals surface area contributed by atoms with E-state index in [0.29, 0.717) is 65.7 Å². The summed E-state index contributed by atoms with van der Waals surface area (Å²) in [7, 11) is 1.60. The number of nitrogens with one attached hydrogen (secondary N) is 2. The number of esters is 1. The third-order valence-corrected chi connectivity index (χ3v) is 9.05. The number of likely N-dealkylation sites (tertiary alicyclic amines) is 1. The van der Waals surface area contributed by atoms with Crippen LogP contribution in [-0.4, -0.2) is 98.7 Å². The van der Waals surface area contributed by atoms with Crippen molar-refractivity contribution >= 4 is 34.1 Å². The Kier molecular flexibility index (Phi) is 8.80. The van der Waals surface area contributed by atoms with Gasteiger partial charge in [0.05, 0.1) is 53.2 Å². The highest BCUT2D eigenvalue weighted by Crippen LogP contribution is 2.38. The molecule has 250 valence electrons. The fourth-order valence-electron chi connectivity index (χ4n) is 6.18. The summed E-state index contributed by atoms with van der Waals surface area (Å²) in [5, 5.41) is 16.2. The number of nitrogens with zero attached hydrogens (tertiary/aromatic N) is 7. The SMILES string of the molecule is CCC(C)OC(=O)C1CCN(CCNC(=O)c2nn(-c3cc4c(cc3OC)NCCO4)c3cc(-c4cnn5cccnc45)ncc23)CC1. The number of rotatable bonds is 10. The molecule has 1 aromatic carbocycles. The van der Waals surface area contributed by atoms with Gasteiger partial charge in [0.2, 0.25) is 0 Å². The highest BCUT2D eigenvalue weighted by atomic mass is 16.5. The van der Waals surface area contributed by atoms with E-state index in [-0.39, 0.29) is 29.6 Å². The fraction of sp³-hybridized carbons (Fsp3) is 0.412. The normalized spacial score (nSPS) is 15.8. The number of aromatic nitrogens is 6. The van der Waals surface area contributed by atoms with Crippen molar-refractivity contribution in [1.29, 1.82) is 0 Å². The molecule has 1 amide bonds. The van der Waals surface area contributed by atoms with E-state index in [1.807, 2.05) is 44.3 Å². The molecular weight excluding hydrogens is 614 g/mol. The van der Waals surface area contributed by atoms with Crippen LogP contribution in [0.25, 0.3) is 33.5 Å². The minimum Gasteiger partial charge on any atom is -0.494 e. The van der Waals surface area contributed by atoms with Gasteiger partial charge in [0.15, 0.2) is 11.3 Å². The molecule has 0 bridgehead atoms. The van der Waals surface area contributed by atoms with Crippen molar-refractivity contribution in [2.24, 2.45) is 5.92 Å². The number of pyridine rings is 1. The third kappa shape index (κ3) is 6.10. The van der Waals surface area contributed by atoms with E-state index in [9.17, 15) is 9.59 Å². The predicted molar refractivity (Wildman–Crippen MR) is 179 cm³/mol. The first-order valence-corrected chi connectivity index (χ1v) is 16.4. The molecule has 4 aromatic heterocycles. The Morgan fingerprint density at radius 3 is 2.83 bits per heavy atom. The molecule has 2 aliphatic rings. The molecule has 0 radical (unpaired) electrons. The molecule has 1 atom stereocenters. The largest absolute Gasteiger partial charge is 0.494 e. The van der Waals surface area contributed by atoms with E-state index in [1.165, 1.54) is 0 Å². The second-order valence-electron chi connectivity index (χ2n) is 12.1. The summed E-state index contributed by atoms with van der Waals surface area (Å²) in [6.07, 6.45) is 9.17. The third-order valence-electron chi connectivity index (χ3n) is 9.05. The van der Waals surface area contributed by atoms with Gasteiger partial charge in [-0.3, -0.25) is 14.6 Å². The van der Waals surface area contributed by atoms with Crippen LogP contribution >= 0.6 is 0 Å². The first-order valence-electron chi connectivity index (χ1n) is 16.4. The maximum absolute atomic E-state index is 13.7. The minimum atomic E-state index is -0.312. The number of fused-ring (bicyclic) bond motifs is 3. The number of hydrogen-bond donors (Lipinski definition) is 2. The summed E-state index contributed by atoms with van der Waals surface area (Å²) < 4.78 is 20.7. The lowest BCUT2D eigenvalue weighted by atomic mass is 9.97. The van der Waals surface area contributed by atoms with Gasteiger partial charge in [-0.1, -0.05) is 6.92 Å². The van der Waals surface area contributed by atoms with Crippen LogP contribution in [0.4, 0.5) is 5.69 Å². The maximum atomic E-state index is 13.7. The molecule has 6 heterocycles. The summed E-state index contributed by atoms with van der Waals surface area (Å²) in [5.74, 6) is 0.747. The van der Waals surface area contributed by atoms with Gasteiger partial charge in [-0.05, 0) is 51.4 Å². The van der Waals surface area contributed by atoms with Crippen LogP contribution in [0.3, 0.4) is 0 Å². The zero-order valence-electron chi connectivity index (χ0n) is 27.3. The van der Waals surface area contributed by atoms with Crippen molar-refractivity contribution in [3.8, 4) is 28.4 Å². The minimum absolute atomic E-state index is 0.0613. The zero-order chi connectivity index (χ0) is 33.2. The smallest absolute Gasteiger partial charge is 0.309 e. The molecule has 2 aliphatic heterocycles. The van der Waals surface area contributed by atoms with Gasteiger partial charge in [-0.15, -0.1) is 0 Å². The van der Waals surface area contributed by atoms with Crippen LogP contribution < -0.4 is 20.1 Å². The fourth-order valence-corrected chi connectivity index (χ4v) is 6.18. The second-order valence-corrected chi connectivity index (χ2v) is 12.1. The average molecular weight is 654 g/mol. The van der Waals surface area contributed by atoms with Crippen LogP contribution in [0.15, 0.2) is 49.1 Å². The van der Waals surface area contributed by atoms with Gasteiger partial charge in [0.25, 0.3) is 5.91 Å². The Morgan fingerprint density at radius 1 is 1.17 bits per heavy atom. The quantitative estimate of drug-likeness (QED) is 0.212. The van der Waals surface area contributed by atoms with Crippen LogP contribution in [0, 0.1) is 5.92 Å². The number of methoxy groups -OCH3 is 1. The molecule has 14 heteroatoms. The molecule has 1 saturated heterocycles. The Hall–Kier alpha value is -5.24. The summed E-state index contributed by atoms with van der Waals surface area (Å²) in [6, 6.07) is 7.45. The Balaban J connectivity index is 1.15. The van der Waals surface area contributed by atoms with Crippen molar-refractivity contribution in [3.05, 3.63) is 54.7 Å². The van der Waals surface area contributed by atoms with Crippen molar-refractivity contribution in [3.63, 3.8) is 0 Å².